The molecule has 0 atom stereocenters. The molecule has 166 valence electrons. The Morgan fingerprint density at radius 1 is 0.906 bits per heavy atom. The zero-order chi connectivity index (χ0) is 22.2. The van der Waals surface area contributed by atoms with Crippen LogP contribution in [0.15, 0.2) is 77.9 Å². The standard InChI is InChI=1S/C26H28ClN3O2/c1-31-25-12-11-22(17-26(25)32-20-21-7-3-2-4-8-21)18-28-30-15-13-29(14-16-30)19-23-9-5-6-10-24(23)27/h2-12,17-18H,13-16,19-20H2,1H3/b28-18+. The predicted molar refractivity (Wildman–Crippen MR) is 130 cm³/mol. The van der Waals surface area contributed by atoms with E-state index in [9.17, 15) is 0 Å². The van der Waals surface area contributed by atoms with Crippen molar-refractivity contribution < 1.29 is 9.47 Å². The van der Waals surface area contributed by atoms with Crippen LogP contribution < -0.4 is 9.47 Å². The van der Waals surface area contributed by atoms with Gasteiger partial charge >= 0.3 is 0 Å². The van der Waals surface area contributed by atoms with Gasteiger partial charge in [0.1, 0.15) is 6.61 Å². The molecular formula is C26H28ClN3O2. The number of nitrogens with zero attached hydrogens (tertiary/aromatic N) is 3. The van der Waals surface area contributed by atoms with Crippen molar-refractivity contribution in [3.05, 3.63) is 94.5 Å². The van der Waals surface area contributed by atoms with Gasteiger partial charge in [0.2, 0.25) is 0 Å². The molecule has 0 radical (unpaired) electrons. The number of hydrogen-bond donors (Lipinski definition) is 0. The van der Waals surface area contributed by atoms with Gasteiger partial charge in [-0.15, -0.1) is 0 Å². The van der Waals surface area contributed by atoms with Gasteiger partial charge in [-0.05, 0) is 41.0 Å². The maximum absolute atomic E-state index is 6.30. The number of methoxy groups -OCH3 is 1. The lowest BCUT2D eigenvalue weighted by molar-refractivity contribution is 0.131. The Hall–Kier alpha value is -3.02. The summed E-state index contributed by atoms with van der Waals surface area (Å²) in [7, 11) is 1.65. The van der Waals surface area contributed by atoms with Crippen molar-refractivity contribution in [3.8, 4) is 11.5 Å². The molecule has 1 heterocycles. The second-order valence-corrected chi connectivity index (χ2v) is 8.16. The van der Waals surface area contributed by atoms with E-state index in [4.69, 9.17) is 21.1 Å². The average molecular weight is 450 g/mol. The van der Waals surface area contributed by atoms with Crippen LogP contribution in [0.25, 0.3) is 0 Å². The highest BCUT2D eigenvalue weighted by atomic mass is 35.5. The van der Waals surface area contributed by atoms with E-state index in [2.05, 4.69) is 21.1 Å². The zero-order valence-corrected chi connectivity index (χ0v) is 19.0. The second-order valence-electron chi connectivity index (χ2n) is 7.75. The first-order chi connectivity index (χ1) is 15.7. The zero-order valence-electron chi connectivity index (χ0n) is 18.3. The van der Waals surface area contributed by atoms with Gasteiger partial charge in [-0.25, -0.2) is 0 Å². The Kier molecular flexibility index (Phi) is 7.64. The first kappa shape index (κ1) is 22.2. The topological polar surface area (TPSA) is 37.3 Å². The first-order valence-corrected chi connectivity index (χ1v) is 11.2. The summed E-state index contributed by atoms with van der Waals surface area (Å²) in [6, 6.07) is 24.0. The highest BCUT2D eigenvalue weighted by molar-refractivity contribution is 6.31. The SMILES string of the molecule is COc1ccc(/C=N/N2CCN(Cc3ccccc3Cl)CC2)cc1OCc1ccccc1. The minimum atomic E-state index is 0.491. The molecule has 5 nitrogen and oxygen atoms in total. The van der Waals surface area contributed by atoms with E-state index in [0.29, 0.717) is 18.1 Å². The molecule has 3 aromatic rings. The molecule has 3 aromatic carbocycles. The molecule has 0 amide bonds. The fraction of sp³-hybridized carbons (Fsp3) is 0.269. The fourth-order valence-corrected chi connectivity index (χ4v) is 3.84. The Morgan fingerprint density at radius 2 is 1.66 bits per heavy atom. The Bertz CT molecular complexity index is 1030. The summed E-state index contributed by atoms with van der Waals surface area (Å²) in [5.74, 6) is 1.43. The molecule has 0 N–H and O–H groups in total. The molecule has 32 heavy (non-hydrogen) atoms. The summed E-state index contributed by atoms with van der Waals surface area (Å²) in [6.07, 6.45) is 1.89. The van der Waals surface area contributed by atoms with E-state index in [0.717, 1.165) is 48.9 Å². The highest BCUT2D eigenvalue weighted by Crippen LogP contribution is 2.28. The largest absolute Gasteiger partial charge is 0.493 e. The third-order valence-corrected chi connectivity index (χ3v) is 5.86. The first-order valence-electron chi connectivity index (χ1n) is 10.8. The van der Waals surface area contributed by atoms with Gasteiger partial charge < -0.3 is 9.47 Å². The Morgan fingerprint density at radius 3 is 2.41 bits per heavy atom. The number of benzene rings is 3. The van der Waals surface area contributed by atoms with Crippen molar-refractivity contribution in [2.75, 3.05) is 33.3 Å². The molecule has 6 heteroatoms. The van der Waals surface area contributed by atoms with E-state index >= 15 is 0 Å². The van der Waals surface area contributed by atoms with Crippen LogP contribution in [0.5, 0.6) is 11.5 Å². The molecular weight excluding hydrogens is 422 g/mol. The molecule has 0 saturated carbocycles. The Labute approximate surface area is 194 Å². The van der Waals surface area contributed by atoms with Gasteiger partial charge in [-0.1, -0.05) is 60.1 Å². The summed E-state index contributed by atoms with van der Waals surface area (Å²) in [6.45, 7) is 5.04. The van der Waals surface area contributed by atoms with Crippen LogP contribution in [0, 0.1) is 0 Å². The van der Waals surface area contributed by atoms with E-state index in [-0.39, 0.29) is 0 Å². The predicted octanol–water partition coefficient (Wildman–Crippen LogP) is 5.08. The minimum Gasteiger partial charge on any atom is -0.493 e. The smallest absolute Gasteiger partial charge is 0.162 e. The number of hydrogen-bond acceptors (Lipinski definition) is 5. The van der Waals surface area contributed by atoms with Crippen LogP contribution in [0.1, 0.15) is 16.7 Å². The molecule has 0 aromatic heterocycles. The summed E-state index contributed by atoms with van der Waals surface area (Å²) < 4.78 is 11.5. The maximum Gasteiger partial charge on any atom is 0.162 e. The number of piperazine rings is 1. The molecule has 0 spiro atoms. The molecule has 4 rings (SSSR count). The molecule has 1 saturated heterocycles. The van der Waals surface area contributed by atoms with Crippen LogP contribution in [0.2, 0.25) is 5.02 Å². The van der Waals surface area contributed by atoms with Crippen molar-refractivity contribution in [2.24, 2.45) is 5.10 Å². The van der Waals surface area contributed by atoms with Crippen molar-refractivity contribution in [1.82, 2.24) is 9.91 Å². The van der Waals surface area contributed by atoms with Gasteiger partial charge in [0.15, 0.2) is 11.5 Å². The van der Waals surface area contributed by atoms with Crippen molar-refractivity contribution in [2.45, 2.75) is 13.2 Å². The van der Waals surface area contributed by atoms with Gasteiger partial charge in [0.25, 0.3) is 0 Å². The molecule has 1 fully saturated rings. The summed E-state index contributed by atoms with van der Waals surface area (Å²) >= 11 is 6.30. The normalized spacial score (nSPS) is 14.6. The van der Waals surface area contributed by atoms with Gasteiger partial charge in [-0.3, -0.25) is 9.91 Å². The Balaban J connectivity index is 1.32. The van der Waals surface area contributed by atoms with E-state index in [1.165, 1.54) is 5.56 Å². The lowest BCUT2D eigenvalue weighted by Gasteiger charge is -2.33. The molecule has 0 bridgehead atoms. The van der Waals surface area contributed by atoms with Crippen LogP contribution in [-0.2, 0) is 13.2 Å². The number of hydrazone groups is 1. The van der Waals surface area contributed by atoms with Crippen LogP contribution >= 0.6 is 11.6 Å². The average Bonchev–Trinajstić information content (AvgIpc) is 2.84. The summed E-state index contributed by atoms with van der Waals surface area (Å²) in [5, 5.41) is 7.63. The maximum atomic E-state index is 6.30. The van der Waals surface area contributed by atoms with Gasteiger partial charge in [-0.2, -0.15) is 5.10 Å². The third-order valence-electron chi connectivity index (χ3n) is 5.50. The fourth-order valence-electron chi connectivity index (χ4n) is 3.65. The number of halogens is 1. The van der Waals surface area contributed by atoms with E-state index in [1.807, 2.05) is 72.9 Å². The quantitative estimate of drug-likeness (QED) is 0.449. The number of ether oxygens (including phenoxy) is 2. The third kappa shape index (κ3) is 6.02. The lowest BCUT2D eigenvalue weighted by atomic mass is 10.2. The van der Waals surface area contributed by atoms with Crippen molar-refractivity contribution in [3.63, 3.8) is 0 Å². The summed E-state index contributed by atoms with van der Waals surface area (Å²) in [4.78, 5) is 2.41. The lowest BCUT2D eigenvalue weighted by Crippen LogP contribution is -2.43. The molecule has 0 aliphatic carbocycles. The van der Waals surface area contributed by atoms with E-state index in [1.54, 1.807) is 7.11 Å². The monoisotopic (exact) mass is 449 g/mol. The van der Waals surface area contributed by atoms with Crippen LogP contribution in [0.4, 0.5) is 0 Å². The molecule has 0 unspecified atom stereocenters. The van der Waals surface area contributed by atoms with Crippen molar-refractivity contribution in [1.29, 1.82) is 0 Å². The highest BCUT2D eigenvalue weighted by Gasteiger charge is 2.16. The number of rotatable bonds is 8. The second kappa shape index (κ2) is 11.0. The van der Waals surface area contributed by atoms with Crippen molar-refractivity contribution >= 4 is 17.8 Å². The van der Waals surface area contributed by atoms with Gasteiger partial charge in [0, 0.05) is 37.7 Å². The van der Waals surface area contributed by atoms with Crippen LogP contribution in [-0.4, -0.2) is 49.4 Å². The molecule has 1 aliphatic rings. The molecule has 1 aliphatic heterocycles. The van der Waals surface area contributed by atoms with Gasteiger partial charge in [0.05, 0.1) is 13.3 Å². The van der Waals surface area contributed by atoms with Crippen LogP contribution in [0.3, 0.4) is 0 Å². The van der Waals surface area contributed by atoms with E-state index < -0.39 is 0 Å². The minimum absolute atomic E-state index is 0.491. The summed E-state index contributed by atoms with van der Waals surface area (Å²) in [5.41, 5.74) is 3.27.